The lowest BCUT2D eigenvalue weighted by Crippen LogP contribution is -2.28. The van der Waals surface area contributed by atoms with E-state index in [-0.39, 0.29) is 11.9 Å². The number of ether oxygens (including phenoxy) is 1. The van der Waals surface area contributed by atoms with Crippen molar-refractivity contribution in [2.24, 2.45) is 5.92 Å². The van der Waals surface area contributed by atoms with Crippen molar-refractivity contribution >= 4 is 40.1 Å². The van der Waals surface area contributed by atoms with E-state index < -0.39 is 5.60 Å². The van der Waals surface area contributed by atoms with Crippen LogP contribution < -0.4 is 0 Å². The van der Waals surface area contributed by atoms with Gasteiger partial charge in [-0.1, -0.05) is 44.2 Å². The molecule has 0 fully saturated rings. The van der Waals surface area contributed by atoms with Gasteiger partial charge in [0.1, 0.15) is 5.60 Å². The van der Waals surface area contributed by atoms with Gasteiger partial charge < -0.3 is 4.74 Å². The van der Waals surface area contributed by atoms with E-state index in [0.717, 1.165) is 22.3 Å². The van der Waals surface area contributed by atoms with E-state index in [2.05, 4.69) is 55.1 Å². The first kappa shape index (κ1) is 17.8. The second-order valence-electron chi connectivity index (χ2n) is 7.15. The molecule has 25 heavy (non-hydrogen) atoms. The highest BCUT2D eigenvalue weighted by atomic mass is 32.1. The Morgan fingerprint density at radius 2 is 1.72 bits per heavy atom. The molecule has 1 unspecified atom stereocenters. The Labute approximate surface area is 154 Å². The lowest BCUT2D eigenvalue weighted by Gasteiger charge is -2.27. The lowest BCUT2D eigenvalue weighted by molar-refractivity contribution is -0.162. The summed E-state index contributed by atoms with van der Waals surface area (Å²) in [6.45, 7) is 7.79. The number of fused-ring (bicyclic) bond motifs is 3. The summed E-state index contributed by atoms with van der Waals surface area (Å²) in [4.78, 5) is 13.2. The first-order chi connectivity index (χ1) is 11.8. The average Bonchev–Trinajstić information content (AvgIpc) is 2.59. The highest BCUT2D eigenvalue weighted by Gasteiger charge is 2.27. The molecule has 0 aliphatic carbocycles. The third-order valence-corrected chi connectivity index (χ3v) is 5.16. The Bertz CT molecular complexity index is 943. The highest BCUT2D eigenvalue weighted by molar-refractivity contribution is 7.80. The van der Waals surface area contributed by atoms with Crippen molar-refractivity contribution < 1.29 is 9.53 Å². The second kappa shape index (κ2) is 6.72. The average molecular weight is 352 g/mol. The van der Waals surface area contributed by atoms with Crippen LogP contribution in [0, 0.1) is 5.92 Å². The zero-order valence-corrected chi connectivity index (χ0v) is 16.1. The zero-order valence-electron chi connectivity index (χ0n) is 15.2. The van der Waals surface area contributed by atoms with Crippen LogP contribution in [0.25, 0.3) is 21.5 Å². The van der Waals surface area contributed by atoms with Gasteiger partial charge in [0.2, 0.25) is 0 Å². The van der Waals surface area contributed by atoms with Crippen LogP contribution in [0.1, 0.15) is 39.7 Å². The molecule has 0 aromatic heterocycles. The number of hydrogen-bond acceptors (Lipinski definition) is 3. The summed E-state index contributed by atoms with van der Waals surface area (Å²) in [5.74, 6) is -0.233. The summed E-state index contributed by atoms with van der Waals surface area (Å²) in [6.07, 6.45) is 0.782. The molecule has 0 saturated carbocycles. The molecule has 0 aliphatic rings. The predicted molar refractivity (Wildman–Crippen MR) is 107 cm³/mol. The van der Waals surface area contributed by atoms with Crippen LogP contribution in [0.15, 0.2) is 53.4 Å². The number of carbonyl (C=O) groups excluding carboxylic acids is 1. The minimum atomic E-state index is -0.658. The minimum Gasteiger partial charge on any atom is -0.455 e. The zero-order chi connectivity index (χ0) is 18.2. The molecule has 0 heterocycles. The van der Waals surface area contributed by atoms with Crippen molar-refractivity contribution in [3.05, 3.63) is 54.1 Å². The molecule has 0 bridgehead atoms. The molecule has 3 rings (SSSR count). The van der Waals surface area contributed by atoms with Crippen LogP contribution in [-0.2, 0) is 15.1 Å². The molecule has 3 aromatic rings. The summed E-state index contributed by atoms with van der Waals surface area (Å²) in [5, 5.41) is 4.70. The maximum absolute atomic E-state index is 12.2. The molecule has 1 atom stereocenters. The number of carbonyl (C=O) groups is 1. The lowest BCUT2D eigenvalue weighted by atomic mass is 9.93. The van der Waals surface area contributed by atoms with Gasteiger partial charge in [-0.25, -0.2) is 0 Å². The smallest absolute Gasteiger partial charge is 0.309 e. The van der Waals surface area contributed by atoms with Crippen LogP contribution in [0.4, 0.5) is 0 Å². The van der Waals surface area contributed by atoms with Crippen molar-refractivity contribution in [3.63, 3.8) is 0 Å². The molecule has 0 amide bonds. The number of esters is 1. The van der Waals surface area contributed by atoms with E-state index in [4.69, 9.17) is 4.74 Å². The molecule has 0 N–H and O–H groups in total. The highest BCUT2D eigenvalue weighted by Crippen LogP contribution is 2.32. The van der Waals surface area contributed by atoms with Crippen molar-refractivity contribution in [3.8, 4) is 0 Å². The standard InChI is InChI=1S/C22H24O2S/c1-5-14(2)21(23)24-22(3,4)17-9-11-19-16(12-17)7-6-15-8-10-18(25)13-20(15)19/h6-14,25H,5H2,1-4H3. The number of benzene rings is 3. The van der Waals surface area contributed by atoms with Gasteiger partial charge in [0.15, 0.2) is 0 Å². The molecule has 0 saturated heterocycles. The maximum atomic E-state index is 12.2. The quantitative estimate of drug-likeness (QED) is 0.348. The van der Waals surface area contributed by atoms with E-state index in [1.165, 1.54) is 16.2 Å². The van der Waals surface area contributed by atoms with Gasteiger partial charge in [-0.15, -0.1) is 12.6 Å². The Morgan fingerprint density at radius 3 is 2.44 bits per heavy atom. The molecular weight excluding hydrogens is 328 g/mol. The van der Waals surface area contributed by atoms with Gasteiger partial charge in [-0.3, -0.25) is 4.79 Å². The Morgan fingerprint density at radius 1 is 1.04 bits per heavy atom. The third kappa shape index (κ3) is 3.52. The molecule has 0 radical (unpaired) electrons. The van der Waals surface area contributed by atoms with E-state index >= 15 is 0 Å². The van der Waals surface area contributed by atoms with Crippen LogP contribution in [0.2, 0.25) is 0 Å². The first-order valence-corrected chi connectivity index (χ1v) is 9.15. The summed E-state index contributed by atoms with van der Waals surface area (Å²) >= 11 is 4.46. The van der Waals surface area contributed by atoms with Crippen molar-refractivity contribution in [1.82, 2.24) is 0 Å². The fourth-order valence-electron chi connectivity index (χ4n) is 3.00. The molecule has 0 spiro atoms. The summed E-state index contributed by atoms with van der Waals surface area (Å²) < 4.78 is 5.78. The van der Waals surface area contributed by atoms with Crippen molar-refractivity contribution in [2.45, 2.75) is 44.6 Å². The van der Waals surface area contributed by atoms with Gasteiger partial charge >= 0.3 is 5.97 Å². The van der Waals surface area contributed by atoms with Crippen LogP contribution in [-0.4, -0.2) is 5.97 Å². The fourth-order valence-corrected chi connectivity index (χ4v) is 3.20. The number of hydrogen-bond donors (Lipinski definition) is 1. The van der Waals surface area contributed by atoms with Gasteiger partial charge in [-0.05, 0) is 65.6 Å². The molecule has 0 aliphatic heterocycles. The minimum absolute atomic E-state index is 0.0857. The first-order valence-electron chi connectivity index (χ1n) is 8.70. The number of thiol groups is 1. The van der Waals surface area contributed by atoms with Gasteiger partial charge in [0.05, 0.1) is 5.92 Å². The second-order valence-corrected chi connectivity index (χ2v) is 7.66. The van der Waals surface area contributed by atoms with E-state index in [1.807, 2.05) is 33.8 Å². The largest absolute Gasteiger partial charge is 0.455 e. The molecule has 3 aromatic carbocycles. The van der Waals surface area contributed by atoms with E-state index in [9.17, 15) is 4.79 Å². The number of rotatable bonds is 4. The van der Waals surface area contributed by atoms with Gasteiger partial charge in [0.25, 0.3) is 0 Å². The molecular formula is C22H24O2S. The summed E-state index contributed by atoms with van der Waals surface area (Å²) in [6, 6.07) is 16.7. The van der Waals surface area contributed by atoms with E-state index in [0.29, 0.717) is 0 Å². The van der Waals surface area contributed by atoms with E-state index in [1.54, 1.807) is 0 Å². The summed E-state index contributed by atoms with van der Waals surface area (Å²) in [5.41, 5.74) is 0.340. The normalized spacial score (nSPS) is 13.2. The van der Waals surface area contributed by atoms with Crippen molar-refractivity contribution in [1.29, 1.82) is 0 Å². The summed E-state index contributed by atoms with van der Waals surface area (Å²) in [7, 11) is 0. The molecule has 2 nitrogen and oxygen atoms in total. The van der Waals surface area contributed by atoms with Crippen molar-refractivity contribution in [2.75, 3.05) is 0 Å². The Hall–Kier alpha value is -2.00. The topological polar surface area (TPSA) is 26.3 Å². The Balaban J connectivity index is 2.03. The monoisotopic (exact) mass is 352 g/mol. The van der Waals surface area contributed by atoms with Gasteiger partial charge in [0, 0.05) is 4.90 Å². The van der Waals surface area contributed by atoms with Crippen LogP contribution in [0.5, 0.6) is 0 Å². The Kier molecular flexibility index (Phi) is 4.79. The molecule has 3 heteroatoms. The van der Waals surface area contributed by atoms with Crippen LogP contribution in [0.3, 0.4) is 0 Å². The fraction of sp³-hybridized carbons (Fsp3) is 0.318. The van der Waals surface area contributed by atoms with Gasteiger partial charge in [-0.2, -0.15) is 0 Å². The van der Waals surface area contributed by atoms with Crippen LogP contribution >= 0.6 is 12.6 Å². The maximum Gasteiger partial charge on any atom is 0.309 e. The molecule has 130 valence electrons. The SMILES string of the molecule is CCC(C)C(=O)OC(C)(C)c1ccc2c(ccc3ccc(S)cc32)c1. The third-order valence-electron chi connectivity index (χ3n) is 4.89. The predicted octanol–water partition coefficient (Wildman–Crippen LogP) is 6.11.